The fourth-order valence-corrected chi connectivity index (χ4v) is 4.17. The SMILES string of the molecule is CSc1ccc(CCNC(=O)CSc2ccc3c(c2)CCC3)cc1. The van der Waals surface area contributed by atoms with Crippen LogP contribution >= 0.6 is 23.5 Å². The third kappa shape index (κ3) is 4.81. The van der Waals surface area contributed by atoms with Crippen molar-refractivity contribution < 1.29 is 4.79 Å². The Morgan fingerprint density at radius 3 is 2.58 bits per heavy atom. The van der Waals surface area contributed by atoms with Gasteiger partial charge >= 0.3 is 0 Å². The molecule has 24 heavy (non-hydrogen) atoms. The number of carbonyl (C=O) groups excluding carboxylic acids is 1. The van der Waals surface area contributed by atoms with Crippen molar-refractivity contribution in [2.24, 2.45) is 0 Å². The maximum atomic E-state index is 12.0. The fourth-order valence-electron chi connectivity index (χ4n) is 2.98. The lowest BCUT2D eigenvalue weighted by atomic mass is 10.1. The smallest absolute Gasteiger partial charge is 0.230 e. The molecule has 0 radical (unpaired) electrons. The van der Waals surface area contributed by atoms with Gasteiger partial charge in [-0.1, -0.05) is 18.2 Å². The van der Waals surface area contributed by atoms with Gasteiger partial charge in [0, 0.05) is 16.3 Å². The minimum atomic E-state index is 0.112. The van der Waals surface area contributed by atoms with E-state index >= 15 is 0 Å². The van der Waals surface area contributed by atoms with Gasteiger partial charge in [-0.05, 0) is 72.9 Å². The van der Waals surface area contributed by atoms with Gasteiger partial charge in [-0.15, -0.1) is 23.5 Å². The Balaban J connectivity index is 1.39. The van der Waals surface area contributed by atoms with E-state index in [1.54, 1.807) is 23.5 Å². The number of hydrogen-bond donors (Lipinski definition) is 1. The molecule has 126 valence electrons. The van der Waals surface area contributed by atoms with Gasteiger partial charge in [-0.3, -0.25) is 4.79 Å². The molecule has 0 saturated carbocycles. The van der Waals surface area contributed by atoms with Gasteiger partial charge in [0.05, 0.1) is 5.75 Å². The van der Waals surface area contributed by atoms with Gasteiger partial charge in [0.2, 0.25) is 5.91 Å². The minimum absolute atomic E-state index is 0.112. The topological polar surface area (TPSA) is 29.1 Å². The summed E-state index contributed by atoms with van der Waals surface area (Å²) in [6.07, 6.45) is 6.61. The maximum Gasteiger partial charge on any atom is 0.230 e. The van der Waals surface area contributed by atoms with Crippen LogP contribution in [-0.4, -0.2) is 24.5 Å². The van der Waals surface area contributed by atoms with Crippen molar-refractivity contribution in [2.75, 3.05) is 18.6 Å². The molecule has 4 heteroatoms. The number of aryl methyl sites for hydroxylation is 2. The lowest BCUT2D eigenvalue weighted by Gasteiger charge is -2.07. The number of thioether (sulfide) groups is 2. The van der Waals surface area contributed by atoms with Crippen molar-refractivity contribution in [1.82, 2.24) is 5.32 Å². The van der Waals surface area contributed by atoms with E-state index in [1.807, 2.05) is 0 Å². The summed E-state index contributed by atoms with van der Waals surface area (Å²) in [6.45, 7) is 0.697. The van der Waals surface area contributed by atoms with Crippen molar-refractivity contribution in [3.63, 3.8) is 0 Å². The van der Waals surface area contributed by atoms with E-state index in [9.17, 15) is 4.79 Å². The lowest BCUT2D eigenvalue weighted by molar-refractivity contribution is -0.118. The summed E-state index contributed by atoms with van der Waals surface area (Å²) in [5.41, 5.74) is 4.21. The van der Waals surface area contributed by atoms with E-state index < -0.39 is 0 Å². The van der Waals surface area contributed by atoms with Crippen LogP contribution < -0.4 is 5.32 Å². The van der Waals surface area contributed by atoms with E-state index in [2.05, 4.69) is 54.0 Å². The Morgan fingerprint density at radius 2 is 1.79 bits per heavy atom. The second-order valence-corrected chi connectivity index (χ2v) is 7.95. The van der Waals surface area contributed by atoms with E-state index in [4.69, 9.17) is 0 Å². The molecule has 0 aromatic heterocycles. The normalized spacial score (nSPS) is 12.9. The van der Waals surface area contributed by atoms with Crippen molar-refractivity contribution in [3.8, 4) is 0 Å². The van der Waals surface area contributed by atoms with Crippen LogP contribution in [0.2, 0.25) is 0 Å². The molecule has 0 bridgehead atoms. The number of benzene rings is 2. The molecule has 2 aromatic carbocycles. The molecule has 0 heterocycles. The number of nitrogens with one attached hydrogen (secondary N) is 1. The lowest BCUT2D eigenvalue weighted by Crippen LogP contribution is -2.27. The monoisotopic (exact) mass is 357 g/mol. The predicted octanol–water partition coefficient (Wildman–Crippen LogP) is 4.35. The first-order valence-electron chi connectivity index (χ1n) is 8.39. The summed E-state index contributed by atoms with van der Waals surface area (Å²) in [7, 11) is 0. The van der Waals surface area contributed by atoms with Gasteiger partial charge in [0.25, 0.3) is 0 Å². The van der Waals surface area contributed by atoms with E-state index in [0.717, 1.165) is 6.42 Å². The Bertz CT molecular complexity index is 697. The van der Waals surface area contributed by atoms with Gasteiger partial charge in [-0.2, -0.15) is 0 Å². The largest absolute Gasteiger partial charge is 0.355 e. The van der Waals surface area contributed by atoms with Crippen molar-refractivity contribution in [2.45, 2.75) is 35.5 Å². The number of fused-ring (bicyclic) bond motifs is 1. The highest BCUT2D eigenvalue weighted by molar-refractivity contribution is 8.00. The Morgan fingerprint density at radius 1 is 1.04 bits per heavy atom. The number of hydrogen-bond acceptors (Lipinski definition) is 3. The van der Waals surface area contributed by atoms with Crippen LogP contribution in [0.25, 0.3) is 0 Å². The van der Waals surface area contributed by atoms with Crippen LogP contribution in [0.1, 0.15) is 23.1 Å². The first-order valence-corrected chi connectivity index (χ1v) is 10.6. The predicted molar refractivity (Wildman–Crippen MR) is 104 cm³/mol. The molecule has 0 saturated heterocycles. The standard InChI is InChI=1S/C20H23NOS2/c1-23-18-8-5-15(6-9-18)11-12-21-20(22)14-24-19-10-7-16-3-2-4-17(16)13-19/h5-10,13H,2-4,11-12,14H2,1H3,(H,21,22). The quantitative estimate of drug-likeness (QED) is 0.747. The third-order valence-corrected chi connectivity index (χ3v) is 6.07. The summed E-state index contributed by atoms with van der Waals surface area (Å²) >= 11 is 3.38. The van der Waals surface area contributed by atoms with E-state index in [-0.39, 0.29) is 5.91 Å². The van der Waals surface area contributed by atoms with Crippen molar-refractivity contribution >= 4 is 29.4 Å². The summed E-state index contributed by atoms with van der Waals surface area (Å²) in [4.78, 5) is 14.5. The molecule has 2 aromatic rings. The van der Waals surface area contributed by atoms with Crippen LogP contribution in [0.4, 0.5) is 0 Å². The van der Waals surface area contributed by atoms with Gasteiger partial charge in [-0.25, -0.2) is 0 Å². The molecule has 1 aliphatic rings. The molecule has 1 aliphatic carbocycles. The Labute approximate surface area is 152 Å². The fraction of sp³-hybridized carbons (Fsp3) is 0.350. The second-order valence-electron chi connectivity index (χ2n) is 6.02. The van der Waals surface area contributed by atoms with Gasteiger partial charge in [0.15, 0.2) is 0 Å². The van der Waals surface area contributed by atoms with E-state index in [1.165, 1.54) is 45.7 Å². The molecular formula is C20H23NOS2. The molecule has 3 rings (SSSR count). The highest BCUT2D eigenvalue weighted by atomic mass is 32.2. The first kappa shape index (κ1) is 17.4. The average molecular weight is 358 g/mol. The molecule has 0 atom stereocenters. The third-order valence-electron chi connectivity index (χ3n) is 4.33. The molecule has 0 aliphatic heterocycles. The highest BCUT2D eigenvalue weighted by Crippen LogP contribution is 2.27. The molecular weight excluding hydrogens is 334 g/mol. The highest BCUT2D eigenvalue weighted by Gasteiger charge is 2.11. The second kappa shape index (κ2) is 8.63. The summed E-state index contributed by atoms with van der Waals surface area (Å²) in [6, 6.07) is 15.2. The number of carbonyl (C=O) groups is 1. The van der Waals surface area contributed by atoms with Crippen molar-refractivity contribution in [1.29, 1.82) is 0 Å². The van der Waals surface area contributed by atoms with Gasteiger partial charge in [0.1, 0.15) is 0 Å². The zero-order valence-corrected chi connectivity index (χ0v) is 15.6. The molecule has 1 amide bonds. The van der Waals surface area contributed by atoms with Crippen LogP contribution in [-0.2, 0) is 24.1 Å². The molecule has 0 unspecified atom stereocenters. The van der Waals surface area contributed by atoms with Crippen molar-refractivity contribution in [3.05, 3.63) is 59.2 Å². The Kier molecular flexibility index (Phi) is 6.27. The summed E-state index contributed by atoms with van der Waals surface area (Å²) < 4.78 is 0. The molecule has 1 N–H and O–H groups in total. The Hall–Kier alpha value is -1.39. The zero-order chi connectivity index (χ0) is 16.8. The zero-order valence-electron chi connectivity index (χ0n) is 14.0. The summed E-state index contributed by atoms with van der Waals surface area (Å²) in [5.74, 6) is 0.603. The number of amides is 1. The molecule has 0 fully saturated rings. The minimum Gasteiger partial charge on any atom is -0.355 e. The average Bonchev–Trinajstić information content (AvgIpc) is 3.08. The maximum absolute atomic E-state index is 12.0. The van der Waals surface area contributed by atoms with Crippen LogP contribution in [0.3, 0.4) is 0 Å². The molecule has 0 spiro atoms. The van der Waals surface area contributed by atoms with Crippen LogP contribution in [0.5, 0.6) is 0 Å². The summed E-state index contributed by atoms with van der Waals surface area (Å²) in [5, 5.41) is 3.02. The van der Waals surface area contributed by atoms with Gasteiger partial charge < -0.3 is 5.32 Å². The first-order chi connectivity index (χ1) is 11.7. The van der Waals surface area contributed by atoms with Crippen LogP contribution in [0.15, 0.2) is 52.3 Å². The van der Waals surface area contributed by atoms with Crippen LogP contribution in [0, 0.1) is 0 Å². The van der Waals surface area contributed by atoms with E-state index in [0.29, 0.717) is 12.3 Å². The molecule has 2 nitrogen and oxygen atoms in total. The number of rotatable bonds is 7.